The summed E-state index contributed by atoms with van der Waals surface area (Å²) in [6, 6.07) is 31.9. The van der Waals surface area contributed by atoms with Gasteiger partial charge >= 0.3 is 0 Å². The Hall–Kier alpha value is -6.26. The SMILES string of the molecule is [2H]c1c([2H])c(C(C([2H])([2H])[2H])(C([2H])([2H])[2H])C([2H])([2H])[2H])c([2H])c([2H])c1-c1ccnc(-c2cc(-c3cccc4c3nc(-c3cc(C)cc(C)c3O)n4-c3ccc(-c4ccccc4)c(CC(C)C)c3)cc(C(C)(C)C)c2)c1. The van der Waals surface area contributed by atoms with Crippen LogP contribution in [0.25, 0.3) is 72.7 Å². The van der Waals surface area contributed by atoms with Crippen LogP contribution < -0.4 is 0 Å². The first-order valence-corrected chi connectivity index (χ1v) is 20.2. The zero-order valence-electron chi connectivity index (χ0n) is 48.0. The molecule has 0 aliphatic carbocycles. The highest BCUT2D eigenvalue weighted by molar-refractivity contribution is 5.97. The van der Waals surface area contributed by atoms with E-state index in [1.54, 1.807) is 6.07 Å². The molecule has 0 aliphatic rings. The second kappa shape index (κ2) is 15.7. The summed E-state index contributed by atoms with van der Waals surface area (Å²) < 4.78 is 112. The normalized spacial score (nSPS) is 15.9. The van der Waals surface area contributed by atoms with Crippen molar-refractivity contribution >= 4 is 11.0 Å². The Balaban J connectivity index is 1.35. The van der Waals surface area contributed by atoms with Crippen LogP contribution in [0.15, 0.2) is 140 Å². The van der Waals surface area contributed by atoms with Gasteiger partial charge in [-0.1, -0.05) is 140 Å². The Labute approximate surface area is 374 Å². The molecule has 0 amide bonds. The summed E-state index contributed by atoms with van der Waals surface area (Å²) >= 11 is 0. The maximum atomic E-state index is 11.8. The highest BCUT2D eigenvalue weighted by Gasteiger charge is 2.24. The third-order valence-corrected chi connectivity index (χ3v) is 10.9. The summed E-state index contributed by atoms with van der Waals surface area (Å²) in [4.78, 5) is 10.1. The van der Waals surface area contributed by atoms with Gasteiger partial charge in [-0.05, 0) is 141 Å². The van der Waals surface area contributed by atoms with Crippen LogP contribution in [0, 0.1) is 19.8 Å². The van der Waals surface area contributed by atoms with Gasteiger partial charge in [0.05, 0.1) is 27.8 Å². The van der Waals surface area contributed by atoms with Crippen LogP contribution >= 0.6 is 0 Å². The van der Waals surface area contributed by atoms with E-state index in [0.717, 1.165) is 51.0 Å². The molecule has 2 heterocycles. The molecule has 60 heavy (non-hydrogen) atoms. The molecule has 0 atom stereocenters. The smallest absolute Gasteiger partial charge is 0.149 e. The van der Waals surface area contributed by atoms with E-state index in [2.05, 4.69) is 75.6 Å². The summed E-state index contributed by atoms with van der Waals surface area (Å²) in [6.07, 6.45) is 2.26. The summed E-state index contributed by atoms with van der Waals surface area (Å²) in [5.74, 6) is 1.04. The fraction of sp³-hybridized carbons (Fsp3) is 0.250. The highest BCUT2D eigenvalue weighted by atomic mass is 16.3. The van der Waals surface area contributed by atoms with Crippen molar-refractivity contribution in [2.75, 3.05) is 0 Å². The first kappa shape index (κ1) is 27.5. The molecule has 6 aromatic carbocycles. The molecule has 0 spiro atoms. The number of aromatic hydroxyl groups is 1. The molecular weight excluding hydrogens is 731 g/mol. The van der Waals surface area contributed by atoms with Crippen molar-refractivity contribution in [3.8, 4) is 67.5 Å². The van der Waals surface area contributed by atoms with Crippen LogP contribution in [-0.4, -0.2) is 19.6 Å². The van der Waals surface area contributed by atoms with Crippen LogP contribution in [0.1, 0.15) is 101 Å². The molecule has 8 rings (SSSR count). The predicted molar refractivity (Wildman–Crippen MR) is 253 cm³/mol. The molecule has 0 saturated heterocycles. The minimum atomic E-state index is -3.80. The number of pyridine rings is 1. The number of phenols is 1. The average Bonchev–Trinajstić information content (AvgIpc) is 3.69. The number of para-hydroxylation sites is 1. The third kappa shape index (κ3) is 8.04. The van der Waals surface area contributed by atoms with Crippen molar-refractivity contribution in [1.29, 1.82) is 0 Å². The van der Waals surface area contributed by atoms with Crippen LogP contribution in [0.5, 0.6) is 5.75 Å². The minimum Gasteiger partial charge on any atom is -0.507 e. The summed E-state index contributed by atoms with van der Waals surface area (Å²) in [6.45, 7) is 3.09. The van der Waals surface area contributed by atoms with Crippen LogP contribution in [0.3, 0.4) is 0 Å². The molecule has 0 fully saturated rings. The van der Waals surface area contributed by atoms with Gasteiger partial charge in [0.1, 0.15) is 11.6 Å². The number of fused-ring (bicyclic) bond motifs is 1. The molecule has 302 valence electrons. The molecule has 0 saturated carbocycles. The second-order valence-corrected chi connectivity index (χ2v) is 17.2. The first-order chi connectivity index (χ1) is 34.0. The zero-order valence-corrected chi connectivity index (χ0v) is 35.0. The summed E-state index contributed by atoms with van der Waals surface area (Å²) in [5, 5.41) is 11.8. The van der Waals surface area contributed by atoms with E-state index in [1.807, 2.05) is 74.5 Å². The number of aromatic nitrogens is 3. The number of imidazole rings is 1. The Morgan fingerprint density at radius 3 is 2.13 bits per heavy atom. The lowest BCUT2D eigenvalue weighted by Gasteiger charge is -2.22. The predicted octanol–water partition coefficient (Wildman–Crippen LogP) is 14.9. The lowest BCUT2D eigenvalue weighted by molar-refractivity contribution is 0.472. The van der Waals surface area contributed by atoms with Crippen molar-refractivity contribution in [3.63, 3.8) is 0 Å². The summed E-state index contributed by atoms with van der Waals surface area (Å²) in [7, 11) is 0. The standard InChI is InChI=1S/C56H57N3O/c1-35(2)27-41-33-46(23-24-47(41)39-15-12-11-13-16-39)59-51-18-14-17-48(52(51)58-54(59)49-29-36(3)28-37(4)53(49)60)42-30-43(32-45(31-42)56(8,9)10)50-34-40(25-26-57-50)38-19-21-44(22-20-38)55(5,6)7/h11-26,28-35,60H,27H2,1-10H3/i5D3,6D3,7D3,19D,20D,21D,22D. The maximum absolute atomic E-state index is 11.8. The van der Waals surface area contributed by atoms with Gasteiger partial charge in [-0.2, -0.15) is 0 Å². The quantitative estimate of drug-likeness (QED) is 0.167. The molecule has 2 aromatic heterocycles. The van der Waals surface area contributed by atoms with Gasteiger partial charge in [-0.25, -0.2) is 4.98 Å². The van der Waals surface area contributed by atoms with E-state index in [0.29, 0.717) is 39.6 Å². The molecule has 4 nitrogen and oxygen atoms in total. The van der Waals surface area contributed by atoms with Gasteiger partial charge in [-0.3, -0.25) is 9.55 Å². The van der Waals surface area contributed by atoms with Crippen molar-refractivity contribution in [2.24, 2.45) is 5.92 Å². The van der Waals surface area contributed by atoms with Gasteiger partial charge in [0.2, 0.25) is 0 Å². The molecule has 0 unspecified atom stereocenters. The lowest BCUT2D eigenvalue weighted by Crippen LogP contribution is -2.11. The number of hydrogen-bond donors (Lipinski definition) is 1. The van der Waals surface area contributed by atoms with Crippen molar-refractivity contribution in [1.82, 2.24) is 14.5 Å². The van der Waals surface area contributed by atoms with Gasteiger partial charge in [0.15, 0.2) is 0 Å². The fourth-order valence-electron chi connectivity index (χ4n) is 7.88. The lowest BCUT2D eigenvalue weighted by atomic mass is 9.83. The minimum absolute atomic E-state index is 0.123. The monoisotopic (exact) mass is 801 g/mol. The maximum Gasteiger partial charge on any atom is 0.149 e. The Morgan fingerprint density at radius 1 is 0.667 bits per heavy atom. The number of hydrogen-bond acceptors (Lipinski definition) is 3. The first-order valence-electron chi connectivity index (χ1n) is 26.7. The Morgan fingerprint density at radius 2 is 1.42 bits per heavy atom. The topological polar surface area (TPSA) is 50.9 Å². The highest BCUT2D eigenvalue weighted by Crippen LogP contribution is 2.42. The number of benzene rings is 6. The number of phenolic OH excluding ortho intramolecular Hbond substituents is 1. The molecule has 0 aliphatic heterocycles. The fourth-order valence-corrected chi connectivity index (χ4v) is 7.88. The van der Waals surface area contributed by atoms with Gasteiger partial charge < -0.3 is 5.11 Å². The molecule has 8 aromatic rings. The summed E-state index contributed by atoms with van der Waals surface area (Å²) in [5.41, 5.74) is 5.96. The number of rotatable bonds is 8. The van der Waals surface area contributed by atoms with Gasteiger partial charge in [0.25, 0.3) is 0 Å². The molecule has 4 heteroatoms. The second-order valence-electron chi connectivity index (χ2n) is 17.2. The van der Waals surface area contributed by atoms with Gasteiger partial charge in [-0.15, -0.1) is 0 Å². The van der Waals surface area contributed by atoms with E-state index in [1.165, 1.54) is 17.8 Å². The zero-order chi connectivity index (χ0) is 53.5. The molecule has 0 radical (unpaired) electrons. The van der Waals surface area contributed by atoms with Crippen LogP contribution in [0.2, 0.25) is 0 Å². The van der Waals surface area contributed by atoms with E-state index in [4.69, 9.17) is 27.8 Å². The van der Waals surface area contributed by atoms with E-state index in [-0.39, 0.29) is 16.9 Å². The third-order valence-electron chi connectivity index (χ3n) is 10.9. The molecule has 1 N–H and O–H groups in total. The molecular formula is C56H57N3O. The van der Waals surface area contributed by atoms with Crippen LogP contribution in [0.4, 0.5) is 0 Å². The van der Waals surface area contributed by atoms with E-state index >= 15 is 0 Å². The van der Waals surface area contributed by atoms with Crippen LogP contribution in [-0.2, 0) is 17.3 Å². The Kier molecular flexibility index (Phi) is 7.21. The van der Waals surface area contributed by atoms with Crippen molar-refractivity contribution < 1.29 is 22.9 Å². The number of aryl methyl sites for hydroxylation is 2. The largest absolute Gasteiger partial charge is 0.507 e. The number of nitrogens with zero attached hydrogens (tertiary/aromatic N) is 3. The van der Waals surface area contributed by atoms with Crippen molar-refractivity contribution in [2.45, 2.75) is 86.3 Å². The van der Waals surface area contributed by atoms with Crippen molar-refractivity contribution in [3.05, 3.63) is 167 Å². The molecule has 0 bridgehead atoms. The average molecular weight is 801 g/mol. The van der Waals surface area contributed by atoms with E-state index < -0.39 is 61.1 Å². The van der Waals surface area contributed by atoms with Gasteiger partial charge in [0, 0.05) is 35.3 Å². The van der Waals surface area contributed by atoms with E-state index in [9.17, 15) is 5.11 Å². The Bertz CT molecular complexity index is 3370.